The highest BCUT2D eigenvalue weighted by Crippen LogP contribution is 2.43. The van der Waals surface area contributed by atoms with Crippen LogP contribution in [-0.2, 0) is 11.8 Å². The third-order valence-electron chi connectivity index (χ3n) is 7.28. The molecule has 9 heteroatoms. The monoisotopic (exact) mass is 502 g/mol. The van der Waals surface area contributed by atoms with Gasteiger partial charge in [-0.15, -0.1) is 11.3 Å². The molecule has 1 saturated heterocycles. The molecule has 4 aromatic rings. The summed E-state index contributed by atoms with van der Waals surface area (Å²) in [5, 5.41) is 4.63. The number of methoxy groups -OCH3 is 1. The van der Waals surface area contributed by atoms with E-state index in [1.54, 1.807) is 13.3 Å². The summed E-state index contributed by atoms with van der Waals surface area (Å²) in [5.41, 5.74) is 1.92. The van der Waals surface area contributed by atoms with E-state index < -0.39 is 0 Å². The zero-order valence-corrected chi connectivity index (χ0v) is 21.4. The lowest BCUT2D eigenvalue weighted by Crippen LogP contribution is -2.27. The number of nitrogens with one attached hydrogen (secondary N) is 1. The van der Waals surface area contributed by atoms with Crippen LogP contribution < -0.4 is 5.32 Å². The number of anilines is 1. The fourth-order valence-corrected chi connectivity index (χ4v) is 6.52. The first-order valence-electron chi connectivity index (χ1n) is 12.6. The molecule has 4 heterocycles. The van der Waals surface area contributed by atoms with Crippen LogP contribution in [0.15, 0.2) is 42.7 Å². The van der Waals surface area contributed by atoms with Gasteiger partial charge in [0, 0.05) is 51.2 Å². The molecular formula is C27H30N6O2S. The van der Waals surface area contributed by atoms with Crippen LogP contribution in [0.1, 0.15) is 41.8 Å². The van der Waals surface area contributed by atoms with Crippen molar-refractivity contribution >= 4 is 33.3 Å². The number of carbonyl (C=O) groups is 1. The number of nitrogens with zero attached hydrogens (tertiary/aromatic N) is 5. The van der Waals surface area contributed by atoms with E-state index in [0.29, 0.717) is 11.6 Å². The number of hydrogen-bond acceptors (Lipinski definition) is 7. The van der Waals surface area contributed by atoms with Crippen molar-refractivity contribution < 1.29 is 9.53 Å². The van der Waals surface area contributed by atoms with Crippen molar-refractivity contribution in [3.63, 3.8) is 0 Å². The van der Waals surface area contributed by atoms with Crippen molar-refractivity contribution in [2.24, 2.45) is 7.05 Å². The van der Waals surface area contributed by atoms with Gasteiger partial charge in [-0.25, -0.2) is 15.0 Å². The van der Waals surface area contributed by atoms with Crippen molar-refractivity contribution in [2.45, 2.75) is 44.2 Å². The van der Waals surface area contributed by atoms with Crippen LogP contribution >= 0.6 is 11.3 Å². The van der Waals surface area contributed by atoms with Gasteiger partial charge in [-0.2, -0.15) is 0 Å². The van der Waals surface area contributed by atoms with E-state index in [4.69, 9.17) is 14.7 Å². The predicted molar refractivity (Wildman–Crippen MR) is 142 cm³/mol. The number of rotatable bonds is 6. The van der Waals surface area contributed by atoms with Crippen LogP contribution in [0, 0.1) is 0 Å². The molecule has 3 aromatic heterocycles. The van der Waals surface area contributed by atoms with E-state index in [2.05, 4.69) is 22.4 Å². The number of hydrogen-bond donors (Lipinski definition) is 1. The first-order chi connectivity index (χ1) is 17.6. The van der Waals surface area contributed by atoms with Gasteiger partial charge in [0.2, 0.25) is 0 Å². The Morgan fingerprint density at radius 3 is 2.64 bits per heavy atom. The minimum atomic E-state index is 0.0826. The van der Waals surface area contributed by atoms with Gasteiger partial charge in [0.1, 0.15) is 15.5 Å². The Morgan fingerprint density at radius 1 is 1.14 bits per heavy atom. The first kappa shape index (κ1) is 23.1. The molecule has 1 aliphatic carbocycles. The lowest BCUT2D eigenvalue weighted by Gasteiger charge is -2.17. The topological polar surface area (TPSA) is 85.2 Å². The van der Waals surface area contributed by atoms with Crippen molar-refractivity contribution in [1.82, 2.24) is 24.4 Å². The number of fused-ring (bicyclic) bond motifs is 1. The Hall–Kier alpha value is -3.30. The zero-order chi connectivity index (χ0) is 24.6. The summed E-state index contributed by atoms with van der Waals surface area (Å²) in [4.78, 5) is 31.7. The molecule has 1 N–H and O–H groups in total. The van der Waals surface area contributed by atoms with Crippen molar-refractivity contribution in [1.29, 1.82) is 0 Å². The quantitative estimate of drug-likeness (QED) is 0.401. The molecule has 2 aliphatic rings. The molecule has 0 bridgehead atoms. The Balaban J connectivity index is 1.56. The summed E-state index contributed by atoms with van der Waals surface area (Å²) >= 11 is 1.46. The van der Waals surface area contributed by atoms with Gasteiger partial charge >= 0.3 is 0 Å². The normalized spacial score (nSPS) is 19.9. The number of aryl methyl sites for hydroxylation is 1. The highest BCUT2D eigenvalue weighted by molar-refractivity contribution is 7.21. The average Bonchev–Trinajstić information content (AvgIpc) is 3.70. The van der Waals surface area contributed by atoms with Gasteiger partial charge in [0.05, 0.1) is 11.5 Å². The van der Waals surface area contributed by atoms with Gasteiger partial charge in [-0.1, -0.05) is 30.3 Å². The maximum absolute atomic E-state index is 13.8. The van der Waals surface area contributed by atoms with E-state index in [1.165, 1.54) is 11.3 Å². The molecular weight excluding hydrogens is 472 g/mol. The Labute approximate surface area is 214 Å². The van der Waals surface area contributed by atoms with Crippen molar-refractivity contribution in [3.8, 4) is 22.8 Å². The molecule has 1 aliphatic heterocycles. The van der Waals surface area contributed by atoms with Crippen LogP contribution in [0.4, 0.5) is 5.82 Å². The minimum Gasteiger partial charge on any atom is -0.381 e. The van der Waals surface area contributed by atoms with E-state index in [-0.39, 0.29) is 18.1 Å². The fourth-order valence-electron chi connectivity index (χ4n) is 5.36. The standard InChI is InChI=1S/C27H30N6O2S/c1-32-15-12-28-25(32)24-30-23(29-18-10-11-19(16-18)35-2)21-20(17-8-4-3-5-9-17)22(36-26(21)31-24)27(34)33-13-6-7-14-33/h3-5,8-9,12,15,18-19H,6-7,10-11,13-14,16H2,1-2H3,(H,29,30,31)/t18-,19+/m1/s1. The largest absolute Gasteiger partial charge is 0.381 e. The Bertz CT molecular complexity index is 1390. The molecule has 6 rings (SSSR count). The van der Waals surface area contributed by atoms with Crippen molar-refractivity contribution in [3.05, 3.63) is 47.6 Å². The molecule has 36 heavy (non-hydrogen) atoms. The lowest BCUT2D eigenvalue weighted by atomic mass is 10.0. The summed E-state index contributed by atoms with van der Waals surface area (Å²) in [5.74, 6) is 2.09. The third-order valence-corrected chi connectivity index (χ3v) is 8.35. The number of likely N-dealkylation sites (tertiary alicyclic amines) is 1. The van der Waals surface area contributed by atoms with Gasteiger partial charge in [-0.3, -0.25) is 4.79 Å². The van der Waals surface area contributed by atoms with Gasteiger partial charge < -0.3 is 19.5 Å². The predicted octanol–water partition coefficient (Wildman–Crippen LogP) is 4.97. The van der Waals surface area contributed by atoms with Gasteiger partial charge in [0.25, 0.3) is 5.91 Å². The van der Waals surface area contributed by atoms with Crippen LogP contribution in [0.25, 0.3) is 33.0 Å². The number of thiophene rings is 1. The Kier molecular flexibility index (Phi) is 6.18. The molecule has 2 atom stereocenters. The average molecular weight is 503 g/mol. The van der Waals surface area contributed by atoms with E-state index in [9.17, 15) is 4.79 Å². The summed E-state index contributed by atoms with van der Waals surface area (Å²) in [6.07, 6.45) is 8.94. The fraction of sp³-hybridized carbons (Fsp3) is 0.407. The number of imidazole rings is 1. The maximum atomic E-state index is 13.8. The van der Waals surface area contributed by atoms with Gasteiger partial charge in [0.15, 0.2) is 11.6 Å². The molecule has 0 radical (unpaired) electrons. The molecule has 2 fully saturated rings. The second-order valence-electron chi connectivity index (χ2n) is 9.62. The molecule has 186 valence electrons. The first-order valence-corrected chi connectivity index (χ1v) is 13.4. The van der Waals surface area contributed by atoms with Crippen LogP contribution in [0.3, 0.4) is 0 Å². The number of carbonyl (C=O) groups excluding carboxylic acids is 1. The number of amides is 1. The summed E-state index contributed by atoms with van der Waals surface area (Å²) in [7, 11) is 3.72. The van der Waals surface area contributed by atoms with E-state index in [1.807, 2.05) is 40.9 Å². The molecule has 1 saturated carbocycles. The Morgan fingerprint density at radius 2 is 1.94 bits per heavy atom. The number of ether oxygens (including phenoxy) is 1. The maximum Gasteiger partial charge on any atom is 0.264 e. The van der Waals surface area contributed by atoms with E-state index >= 15 is 0 Å². The molecule has 1 aromatic carbocycles. The summed E-state index contributed by atoms with van der Waals surface area (Å²) < 4.78 is 7.54. The smallest absolute Gasteiger partial charge is 0.264 e. The highest BCUT2D eigenvalue weighted by atomic mass is 32.1. The summed E-state index contributed by atoms with van der Waals surface area (Å²) in [6, 6.07) is 10.4. The second-order valence-corrected chi connectivity index (χ2v) is 10.6. The van der Waals surface area contributed by atoms with Crippen LogP contribution in [-0.4, -0.2) is 62.7 Å². The third kappa shape index (κ3) is 4.16. The molecule has 0 unspecified atom stereocenters. The highest BCUT2D eigenvalue weighted by Gasteiger charge is 2.31. The molecule has 8 nitrogen and oxygen atoms in total. The van der Waals surface area contributed by atoms with Gasteiger partial charge in [-0.05, 0) is 37.7 Å². The summed E-state index contributed by atoms with van der Waals surface area (Å²) in [6.45, 7) is 1.61. The minimum absolute atomic E-state index is 0.0826. The SMILES string of the molecule is CO[C@H]1CC[C@@H](Nc2nc(-c3nccn3C)nc3sc(C(=O)N4CCCC4)c(-c4ccccc4)c23)C1. The lowest BCUT2D eigenvalue weighted by molar-refractivity contribution is 0.0798. The van der Waals surface area contributed by atoms with Crippen molar-refractivity contribution in [2.75, 3.05) is 25.5 Å². The van der Waals surface area contributed by atoms with E-state index in [0.717, 1.165) is 77.2 Å². The molecule has 1 amide bonds. The second kappa shape index (κ2) is 9.63. The van der Waals surface area contributed by atoms with Crippen LogP contribution in [0.5, 0.6) is 0 Å². The molecule has 0 spiro atoms. The van der Waals surface area contributed by atoms with Crippen LogP contribution in [0.2, 0.25) is 0 Å². The number of benzene rings is 1. The number of aromatic nitrogens is 4. The zero-order valence-electron chi connectivity index (χ0n) is 20.6.